The highest BCUT2D eigenvalue weighted by atomic mass is 32.2. The van der Waals surface area contributed by atoms with Gasteiger partial charge in [-0.1, -0.05) is 13.8 Å². The second-order valence-electron chi connectivity index (χ2n) is 9.36. The van der Waals surface area contributed by atoms with Crippen molar-refractivity contribution in [2.24, 2.45) is 27.7 Å². The van der Waals surface area contributed by atoms with Crippen LogP contribution >= 0.6 is 0 Å². The maximum Gasteiger partial charge on any atom is 0.417 e. The molecule has 0 spiro atoms. The van der Waals surface area contributed by atoms with Gasteiger partial charge in [0.1, 0.15) is 5.82 Å². The van der Waals surface area contributed by atoms with E-state index in [2.05, 4.69) is 23.9 Å². The molecule has 2 atom stereocenters. The Labute approximate surface area is 180 Å². The molecule has 7 nitrogen and oxygen atoms in total. The number of pyridine rings is 1. The van der Waals surface area contributed by atoms with Crippen LogP contribution in [0.5, 0.6) is 0 Å². The van der Waals surface area contributed by atoms with Crippen molar-refractivity contribution in [2.75, 3.05) is 36.8 Å². The number of alkyl halides is 3. The topological polar surface area (TPSA) is 91.9 Å². The number of anilines is 1. The summed E-state index contributed by atoms with van der Waals surface area (Å²) >= 11 is 0. The summed E-state index contributed by atoms with van der Waals surface area (Å²) in [5, 5.41) is 3.98. The summed E-state index contributed by atoms with van der Waals surface area (Å²) in [6, 6.07) is 2.33. The fourth-order valence-electron chi connectivity index (χ4n) is 5.65. The summed E-state index contributed by atoms with van der Waals surface area (Å²) in [6.45, 7) is 5.50. The van der Waals surface area contributed by atoms with E-state index in [1.54, 1.807) is 0 Å². The first kappa shape index (κ1) is 22.3. The minimum absolute atomic E-state index is 0.00192. The Kier molecular flexibility index (Phi) is 5.28. The van der Waals surface area contributed by atoms with E-state index in [9.17, 15) is 21.6 Å². The number of hydrogen-bond acceptors (Lipinski definition) is 6. The molecule has 2 saturated carbocycles. The molecule has 3 aliphatic rings. The maximum absolute atomic E-state index is 13.3. The van der Waals surface area contributed by atoms with E-state index in [1.165, 1.54) is 10.4 Å². The summed E-state index contributed by atoms with van der Waals surface area (Å²) in [5.41, 5.74) is -0.699. The third-order valence-electron chi connectivity index (χ3n) is 7.78. The first-order valence-corrected chi connectivity index (χ1v) is 12.0. The van der Waals surface area contributed by atoms with Gasteiger partial charge in [-0.05, 0) is 42.7 Å². The average Bonchev–Trinajstić information content (AvgIpc) is 3.07. The molecule has 2 bridgehead atoms. The molecule has 0 radical (unpaired) electrons. The summed E-state index contributed by atoms with van der Waals surface area (Å²) in [7, 11) is -3.56. The van der Waals surface area contributed by atoms with Crippen molar-refractivity contribution in [2.45, 2.75) is 39.3 Å². The Balaban J connectivity index is 1.45. The van der Waals surface area contributed by atoms with E-state index < -0.39 is 27.2 Å². The van der Waals surface area contributed by atoms with Crippen molar-refractivity contribution < 1.29 is 21.6 Å². The lowest BCUT2D eigenvalue weighted by molar-refractivity contribution is -0.137. The molecule has 1 aliphatic heterocycles. The highest BCUT2D eigenvalue weighted by Gasteiger charge is 2.64. The van der Waals surface area contributed by atoms with E-state index in [4.69, 9.17) is 5.84 Å². The predicted octanol–water partition coefficient (Wildman–Crippen LogP) is 2.69. The van der Waals surface area contributed by atoms with Crippen LogP contribution < -0.4 is 10.7 Å². The molecule has 0 aromatic carbocycles. The van der Waals surface area contributed by atoms with E-state index >= 15 is 0 Å². The first-order valence-electron chi connectivity index (χ1n) is 10.4. The molecule has 11 heteroatoms. The van der Waals surface area contributed by atoms with Gasteiger partial charge in [0.2, 0.25) is 10.0 Å². The molecule has 1 aromatic heterocycles. The number of hydrogen-bond donors (Lipinski definition) is 1. The Morgan fingerprint density at radius 3 is 2.42 bits per heavy atom. The second-order valence-corrected chi connectivity index (χ2v) is 11.3. The molecule has 1 aromatic rings. The summed E-state index contributed by atoms with van der Waals surface area (Å²) < 4.78 is 66.4. The quantitative estimate of drug-likeness (QED) is 0.552. The zero-order valence-electron chi connectivity index (χ0n) is 17.7. The van der Waals surface area contributed by atoms with Crippen molar-refractivity contribution in [3.63, 3.8) is 0 Å². The minimum Gasteiger partial charge on any atom is -0.354 e. The zero-order chi connectivity index (χ0) is 22.7. The number of piperazine rings is 1. The van der Waals surface area contributed by atoms with Crippen LogP contribution in [0.3, 0.4) is 0 Å². The van der Waals surface area contributed by atoms with Crippen LogP contribution in [0.2, 0.25) is 0 Å². The van der Waals surface area contributed by atoms with Gasteiger partial charge >= 0.3 is 6.18 Å². The van der Waals surface area contributed by atoms with Crippen LogP contribution in [0.15, 0.2) is 23.4 Å². The predicted molar refractivity (Wildman–Crippen MR) is 112 cm³/mol. The fourth-order valence-corrected chi connectivity index (χ4v) is 7.86. The van der Waals surface area contributed by atoms with Crippen LogP contribution in [0.25, 0.3) is 0 Å². The number of fused-ring (bicyclic) bond motifs is 2. The lowest BCUT2D eigenvalue weighted by atomic mass is 9.70. The lowest BCUT2D eigenvalue weighted by Crippen LogP contribution is -2.53. The smallest absolute Gasteiger partial charge is 0.354 e. The SMILES string of the molecule is CC1(C)[C@@H]2CC[C@@]1(CS(=O)(=O)N1CCN(c3ccc(C(F)(F)F)cn3)CC1)/C(=N/N)C2. The molecular formula is C20H28F3N5O2S. The lowest BCUT2D eigenvalue weighted by Gasteiger charge is -2.41. The number of nitrogens with two attached hydrogens (primary N) is 1. The van der Waals surface area contributed by atoms with Crippen molar-refractivity contribution in [3.8, 4) is 0 Å². The number of aromatic nitrogens is 1. The van der Waals surface area contributed by atoms with Crippen LogP contribution in [0.4, 0.5) is 19.0 Å². The highest BCUT2D eigenvalue weighted by molar-refractivity contribution is 7.89. The third-order valence-corrected chi connectivity index (χ3v) is 9.79. The van der Waals surface area contributed by atoms with E-state index in [1.807, 2.05) is 4.90 Å². The highest BCUT2D eigenvalue weighted by Crippen LogP contribution is 2.64. The van der Waals surface area contributed by atoms with Crippen LogP contribution in [0.1, 0.15) is 38.7 Å². The Morgan fingerprint density at radius 2 is 1.90 bits per heavy atom. The van der Waals surface area contributed by atoms with Crippen LogP contribution in [-0.4, -0.2) is 55.4 Å². The van der Waals surface area contributed by atoms with Gasteiger partial charge in [-0.15, -0.1) is 0 Å². The van der Waals surface area contributed by atoms with Gasteiger partial charge in [-0.2, -0.15) is 22.6 Å². The van der Waals surface area contributed by atoms with Crippen molar-refractivity contribution in [1.29, 1.82) is 0 Å². The molecule has 3 fully saturated rings. The molecule has 0 unspecified atom stereocenters. The summed E-state index contributed by atoms with van der Waals surface area (Å²) in [5.74, 6) is 6.45. The first-order chi connectivity index (χ1) is 14.4. The number of halogens is 3. The summed E-state index contributed by atoms with van der Waals surface area (Å²) in [6.07, 6.45) is -1.11. The van der Waals surface area contributed by atoms with Crippen molar-refractivity contribution >= 4 is 21.6 Å². The summed E-state index contributed by atoms with van der Waals surface area (Å²) in [4.78, 5) is 5.73. The molecule has 31 heavy (non-hydrogen) atoms. The average molecular weight is 460 g/mol. The van der Waals surface area contributed by atoms with Gasteiger partial charge in [0.05, 0.1) is 11.3 Å². The van der Waals surface area contributed by atoms with Crippen molar-refractivity contribution in [1.82, 2.24) is 9.29 Å². The van der Waals surface area contributed by atoms with E-state index in [0.29, 0.717) is 24.8 Å². The molecule has 2 N–H and O–H groups in total. The number of sulfonamides is 1. The van der Waals surface area contributed by atoms with E-state index in [-0.39, 0.29) is 24.3 Å². The Hall–Kier alpha value is -1.88. The number of rotatable bonds is 4. The molecule has 0 amide bonds. The van der Waals surface area contributed by atoms with Gasteiger partial charge in [0.25, 0.3) is 0 Å². The van der Waals surface area contributed by atoms with Gasteiger partial charge in [-0.25, -0.2) is 13.4 Å². The fraction of sp³-hybridized carbons (Fsp3) is 0.700. The largest absolute Gasteiger partial charge is 0.417 e. The van der Waals surface area contributed by atoms with Gasteiger partial charge < -0.3 is 10.7 Å². The molecule has 2 aliphatic carbocycles. The second kappa shape index (κ2) is 7.33. The normalized spacial score (nSPS) is 30.3. The zero-order valence-corrected chi connectivity index (χ0v) is 18.5. The van der Waals surface area contributed by atoms with Gasteiger partial charge in [-0.3, -0.25) is 0 Å². The number of hydrazone groups is 1. The minimum atomic E-state index is -4.43. The van der Waals surface area contributed by atoms with Gasteiger partial charge in [0.15, 0.2) is 0 Å². The molecule has 4 rings (SSSR count). The Bertz CT molecular complexity index is 970. The number of nitrogens with zero attached hydrogens (tertiary/aromatic N) is 4. The molecule has 2 heterocycles. The van der Waals surface area contributed by atoms with Crippen LogP contribution in [0, 0.1) is 16.7 Å². The standard InChI is InChI=1S/C20H28F3N5O2S/c1-18(2)14-5-6-19(18,16(11-14)26-24)13-31(29,30)28-9-7-27(8-10-28)17-4-3-15(12-25-17)20(21,22)23/h3-4,12,14H,5-11,13,24H2,1-2H3/b26-16+/t14-,19-/m1/s1. The molecular weight excluding hydrogens is 431 g/mol. The molecule has 172 valence electrons. The maximum atomic E-state index is 13.3. The van der Waals surface area contributed by atoms with Crippen molar-refractivity contribution in [3.05, 3.63) is 23.9 Å². The van der Waals surface area contributed by atoms with Crippen LogP contribution in [-0.2, 0) is 16.2 Å². The van der Waals surface area contributed by atoms with Gasteiger partial charge in [0, 0.05) is 43.5 Å². The monoisotopic (exact) mass is 459 g/mol. The Morgan fingerprint density at radius 1 is 1.23 bits per heavy atom. The third kappa shape index (κ3) is 3.59. The molecule has 1 saturated heterocycles. The van der Waals surface area contributed by atoms with E-state index in [0.717, 1.165) is 37.2 Å².